The average molecular weight is 341 g/mol. The number of nitrogens with one attached hydrogen (secondary N) is 2. The number of aromatic nitrogens is 2. The van der Waals surface area contributed by atoms with Crippen LogP contribution in [0.2, 0.25) is 0 Å². The quantitative estimate of drug-likeness (QED) is 0.665. The minimum atomic E-state index is -0.422. The van der Waals surface area contributed by atoms with Crippen molar-refractivity contribution in [2.45, 2.75) is 38.6 Å². The molecule has 1 amide bonds. The van der Waals surface area contributed by atoms with E-state index in [-0.39, 0.29) is 17.9 Å². The normalized spacial score (nSPS) is 13.1. The zero-order valence-corrected chi connectivity index (χ0v) is 14.7. The lowest BCUT2D eigenvalue weighted by atomic mass is 9.94. The molecule has 0 radical (unpaired) electrons. The topological polar surface area (TPSA) is 91.1 Å². The second-order valence-electron chi connectivity index (χ2n) is 7.20. The number of aromatic amines is 1. The Bertz CT molecular complexity index is 873. The predicted molar refractivity (Wildman–Crippen MR) is 95.5 cm³/mol. The molecule has 132 valence electrons. The van der Waals surface area contributed by atoms with Crippen LogP contribution in [0.4, 0.5) is 0 Å². The number of aliphatic hydroxyl groups excluding tert-OH is 1. The maximum atomic E-state index is 12.4. The first kappa shape index (κ1) is 17.2. The van der Waals surface area contributed by atoms with Crippen molar-refractivity contribution >= 4 is 16.8 Å². The summed E-state index contributed by atoms with van der Waals surface area (Å²) >= 11 is 0. The summed E-state index contributed by atoms with van der Waals surface area (Å²) in [5, 5.41) is 13.5. The van der Waals surface area contributed by atoms with Gasteiger partial charge >= 0.3 is 5.91 Å². The van der Waals surface area contributed by atoms with Crippen molar-refractivity contribution in [2.24, 2.45) is 0 Å². The van der Waals surface area contributed by atoms with Crippen LogP contribution in [0.15, 0.2) is 41.1 Å². The molecule has 0 aliphatic heterocycles. The molecule has 3 rings (SSSR count). The van der Waals surface area contributed by atoms with Gasteiger partial charge in [0.05, 0.1) is 18.8 Å². The summed E-state index contributed by atoms with van der Waals surface area (Å²) in [6, 6.07) is 7.51. The number of rotatable bonds is 5. The number of aliphatic hydroxyl groups is 1. The SMILES string of the molecule is CC(C)(C)c1cnc(C(=O)N[C@H](CO)Cc2c[nH]c3ccccc23)o1. The number of H-pyrrole nitrogens is 1. The van der Waals surface area contributed by atoms with Crippen LogP contribution in [0.5, 0.6) is 0 Å². The maximum Gasteiger partial charge on any atom is 0.307 e. The molecule has 6 nitrogen and oxygen atoms in total. The van der Waals surface area contributed by atoms with Crippen LogP contribution in [0.25, 0.3) is 10.9 Å². The van der Waals surface area contributed by atoms with E-state index in [1.807, 2.05) is 51.2 Å². The Morgan fingerprint density at radius 1 is 1.36 bits per heavy atom. The summed E-state index contributed by atoms with van der Waals surface area (Å²) in [6.07, 6.45) is 3.99. The molecule has 0 unspecified atom stereocenters. The van der Waals surface area contributed by atoms with Gasteiger partial charge in [-0.3, -0.25) is 4.79 Å². The third-order valence-electron chi connectivity index (χ3n) is 4.14. The Kier molecular flexibility index (Phi) is 4.63. The lowest BCUT2D eigenvalue weighted by Crippen LogP contribution is -2.39. The molecule has 3 N–H and O–H groups in total. The smallest absolute Gasteiger partial charge is 0.307 e. The van der Waals surface area contributed by atoms with Gasteiger partial charge in [-0.15, -0.1) is 0 Å². The van der Waals surface area contributed by atoms with E-state index in [0.29, 0.717) is 12.2 Å². The van der Waals surface area contributed by atoms with Crippen molar-refractivity contribution in [1.29, 1.82) is 0 Å². The van der Waals surface area contributed by atoms with Gasteiger partial charge in [0, 0.05) is 22.5 Å². The van der Waals surface area contributed by atoms with Crippen LogP contribution in [0, 0.1) is 0 Å². The zero-order chi connectivity index (χ0) is 18.0. The van der Waals surface area contributed by atoms with Crippen LogP contribution in [0.3, 0.4) is 0 Å². The third-order valence-corrected chi connectivity index (χ3v) is 4.14. The molecule has 1 atom stereocenters. The summed E-state index contributed by atoms with van der Waals surface area (Å²) in [5.74, 6) is 0.242. The van der Waals surface area contributed by atoms with Gasteiger partial charge in [0.15, 0.2) is 0 Å². The fraction of sp³-hybridized carbons (Fsp3) is 0.368. The first-order valence-corrected chi connectivity index (χ1v) is 8.31. The summed E-state index contributed by atoms with van der Waals surface area (Å²) in [6.45, 7) is 5.80. The summed E-state index contributed by atoms with van der Waals surface area (Å²) in [5.41, 5.74) is 1.85. The molecule has 0 saturated heterocycles. The Labute approximate surface area is 146 Å². The molecule has 0 aliphatic rings. The molecular weight excluding hydrogens is 318 g/mol. The molecule has 0 bridgehead atoms. The van der Waals surface area contributed by atoms with Crippen molar-refractivity contribution in [1.82, 2.24) is 15.3 Å². The molecule has 3 aromatic rings. The lowest BCUT2D eigenvalue weighted by molar-refractivity contribution is 0.0878. The molecule has 25 heavy (non-hydrogen) atoms. The summed E-state index contributed by atoms with van der Waals surface area (Å²) in [7, 11) is 0. The van der Waals surface area contributed by atoms with Crippen molar-refractivity contribution in [3.8, 4) is 0 Å². The van der Waals surface area contributed by atoms with Gasteiger partial charge in [0.2, 0.25) is 0 Å². The van der Waals surface area contributed by atoms with E-state index in [0.717, 1.165) is 16.5 Å². The first-order chi connectivity index (χ1) is 11.9. The van der Waals surface area contributed by atoms with Crippen molar-refractivity contribution in [3.05, 3.63) is 53.9 Å². The van der Waals surface area contributed by atoms with Crippen LogP contribution in [-0.2, 0) is 11.8 Å². The minimum absolute atomic E-state index is 0.0160. The number of benzene rings is 1. The number of para-hydroxylation sites is 1. The molecule has 2 heterocycles. The van der Waals surface area contributed by atoms with E-state index in [1.165, 1.54) is 0 Å². The maximum absolute atomic E-state index is 12.4. The van der Waals surface area contributed by atoms with Gasteiger partial charge in [0.25, 0.3) is 5.89 Å². The highest BCUT2D eigenvalue weighted by molar-refractivity contribution is 5.90. The summed E-state index contributed by atoms with van der Waals surface area (Å²) in [4.78, 5) is 19.6. The second-order valence-corrected chi connectivity index (χ2v) is 7.20. The number of amides is 1. The van der Waals surface area contributed by atoms with Gasteiger partial charge in [-0.2, -0.15) is 0 Å². The standard InChI is InChI=1S/C19H23N3O3/c1-19(2,3)16-10-21-18(25-16)17(24)22-13(11-23)8-12-9-20-15-7-5-4-6-14(12)15/h4-7,9-10,13,20,23H,8,11H2,1-3H3,(H,22,24)/t13-/m0/s1. The highest BCUT2D eigenvalue weighted by Gasteiger charge is 2.23. The molecule has 6 heteroatoms. The number of hydrogen-bond donors (Lipinski definition) is 3. The second kappa shape index (κ2) is 6.72. The Hall–Kier alpha value is -2.60. The highest BCUT2D eigenvalue weighted by Crippen LogP contribution is 2.23. The monoisotopic (exact) mass is 341 g/mol. The van der Waals surface area contributed by atoms with E-state index < -0.39 is 11.9 Å². The van der Waals surface area contributed by atoms with Gasteiger partial charge < -0.3 is 19.8 Å². The Balaban J connectivity index is 1.71. The zero-order valence-electron chi connectivity index (χ0n) is 14.7. The van der Waals surface area contributed by atoms with Crippen molar-refractivity contribution in [3.63, 3.8) is 0 Å². The van der Waals surface area contributed by atoms with Crippen molar-refractivity contribution < 1.29 is 14.3 Å². The van der Waals surface area contributed by atoms with Crippen molar-refractivity contribution in [2.75, 3.05) is 6.61 Å². The number of hydrogen-bond acceptors (Lipinski definition) is 4. The van der Waals surface area contributed by atoms with Crippen LogP contribution < -0.4 is 5.32 Å². The van der Waals surface area contributed by atoms with Crippen LogP contribution in [-0.4, -0.2) is 33.6 Å². The fourth-order valence-corrected chi connectivity index (χ4v) is 2.70. The Morgan fingerprint density at radius 2 is 2.12 bits per heavy atom. The van der Waals surface area contributed by atoms with Gasteiger partial charge in [0.1, 0.15) is 5.76 Å². The van der Waals surface area contributed by atoms with Gasteiger partial charge in [-0.1, -0.05) is 39.0 Å². The molecule has 0 fully saturated rings. The van der Waals surface area contributed by atoms with E-state index in [2.05, 4.69) is 15.3 Å². The summed E-state index contributed by atoms with van der Waals surface area (Å²) < 4.78 is 5.55. The third kappa shape index (κ3) is 3.74. The van der Waals surface area contributed by atoms with Crippen LogP contribution in [0.1, 0.15) is 42.8 Å². The molecule has 1 aromatic carbocycles. The van der Waals surface area contributed by atoms with E-state index in [1.54, 1.807) is 6.20 Å². The average Bonchev–Trinajstić information content (AvgIpc) is 3.21. The van der Waals surface area contributed by atoms with Gasteiger partial charge in [-0.05, 0) is 18.1 Å². The largest absolute Gasteiger partial charge is 0.437 e. The molecule has 0 aliphatic carbocycles. The van der Waals surface area contributed by atoms with E-state index >= 15 is 0 Å². The number of carbonyl (C=O) groups is 1. The highest BCUT2D eigenvalue weighted by atomic mass is 16.4. The first-order valence-electron chi connectivity index (χ1n) is 8.31. The number of fused-ring (bicyclic) bond motifs is 1. The number of nitrogens with zero attached hydrogens (tertiary/aromatic N) is 1. The molecule has 0 saturated carbocycles. The Morgan fingerprint density at radius 3 is 2.80 bits per heavy atom. The van der Waals surface area contributed by atoms with E-state index in [4.69, 9.17) is 4.42 Å². The molecule has 2 aromatic heterocycles. The van der Waals surface area contributed by atoms with Crippen LogP contribution >= 0.6 is 0 Å². The number of oxazole rings is 1. The molecular formula is C19H23N3O3. The van der Waals surface area contributed by atoms with E-state index in [9.17, 15) is 9.90 Å². The predicted octanol–water partition coefficient (Wildman–Crippen LogP) is 2.79. The number of carbonyl (C=O) groups excluding carboxylic acids is 1. The van der Waals surface area contributed by atoms with Gasteiger partial charge in [-0.25, -0.2) is 4.98 Å². The molecule has 0 spiro atoms. The minimum Gasteiger partial charge on any atom is -0.437 e. The lowest BCUT2D eigenvalue weighted by Gasteiger charge is -2.15. The fourth-order valence-electron chi connectivity index (χ4n) is 2.70.